The van der Waals surface area contributed by atoms with Gasteiger partial charge in [0.15, 0.2) is 0 Å². The van der Waals surface area contributed by atoms with E-state index in [4.69, 9.17) is 28.3 Å². The van der Waals surface area contributed by atoms with E-state index in [1.165, 1.54) is 0 Å². The zero-order valence-corrected chi connectivity index (χ0v) is 37.8. The van der Waals surface area contributed by atoms with Gasteiger partial charge >= 0.3 is 7.75 Å². The van der Waals surface area contributed by atoms with Crippen molar-refractivity contribution in [3.63, 3.8) is 0 Å². The molecule has 0 fully saturated rings. The summed E-state index contributed by atoms with van der Waals surface area (Å²) in [5.41, 5.74) is 3.69. The quantitative estimate of drug-likeness (QED) is 0.0709. The molecule has 0 bridgehead atoms. The number of carbonyl (C=O) groups excluding carboxylic acids is 1. The van der Waals surface area contributed by atoms with E-state index < -0.39 is 37.0 Å². The van der Waals surface area contributed by atoms with Gasteiger partial charge in [-0.3, -0.25) is 23.8 Å². The number of nitrogens with zero attached hydrogens (tertiary/aromatic N) is 4. The van der Waals surface area contributed by atoms with Crippen LogP contribution in [-0.4, -0.2) is 79.2 Å². The number of benzene rings is 3. The molecule has 0 saturated heterocycles. The summed E-state index contributed by atoms with van der Waals surface area (Å²) in [5.74, 6) is 0.392. The molecule has 12 nitrogen and oxygen atoms in total. The second kappa shape index (κ2) is 19.4. The minimum absolute atomic E-state index is 0.0155. The van der Waals surface area contributed by atoms with E-state index in [2.05, 4.69) is 16.4 Å². The Kier molecular flexibility index (Phi) is 14.0. The van der Waals surface area contributed by atoms with Gasteiger partial charge in [0.05, 0.1) is 69.4 Å². The highest BCUT2D eigenvalue weighted by molar-refractivity contribution is 7.51. The van der Waals surface area contributed by atoms with Gasteiger partial charge in [-0.2, -0.15) is 5.26 Å². The molecule has 2 aliphatic heterocycles. The molecule has 2 aliphatic carbocycles. The smallest absolute Gasteiger partial charge is 0.409 e. The SMILES string of the molecule is COc1ccc(C(OCC(NC(=O)C2CC=CC3=C4C=CN=C5C=CC=CC54N=C32)C(C)OP(=O)(OCCC#N)N(C(C)C)C(C)C)(c2ccccc2)c2ccc(OC)cc2)cc1. The monoisotopic (exact) mass is 869 g/mol. The van der Waals surface area contributed by atoms with E-state index in [0.29, 0.717) is 23.6 Å². The lowest BCUT2D eigenvalue weighted by molar-refractivity contribution is -0.125. The highest BCUT2D eigenvalue weighted by Gasteiger charge is 2.48. The first-order chi connectivity index (χ1) is 30.4. The second-order valence-electron chi connectivity index (χ2n) is 16.3. The standard InChI is InChI=1S/C50H56N5O7P/c1-34(2)55(35(3)4)63(57,61-32-14-30-51)62-36(5)45(53-48(56)43-18-13-17-42-44-28-31-52-46-19-11-12-29-49(44,46)54-47(42)43)33-60-50(37-15-9-8-10-16-37,38-20-24-40(58-6)25-21-38)39-22-26-41(59-7)27-23-39/h8-13,15-17,19-29,31,34-36,43,45H,14,18,32-33H2,1-7H3,(H,53,56). The Hall–Kier alpha value is -5.67. The molecule has 5 unspecified atom stereocenters. The number of carbonyl (C=O) groups is 1. The van der Waals surface area contributed by atoms with Crippen LogP contribution in [0.15, 0.2) is 149 Å². The summed E-state index contributed by atoms with van der Waals surface area (Å²) in [6.45, 7) is 9.21. The number of hydrogen-bond donors (Lipinski definition) is 1. The first-order valence-electron chi connectivity index (χ1n) is 21.4. The zero-order valence-electron chi connectivity index (χ0n) is 36.9. The van der Waals surface area contributed by atoms with Crippen LogP contribution in [0.1, 0.15) is 64.2 Å². The third-order valence-electron chi connectivity index (χ3n) is 11.8. The Balaban J connectivity index is 1.32. The van der Waals surface area contributed by atoms with E-state index >= 15 is 9.36 Å². The van der Waals surface area contributed by atoms with Crippen LogP contribution in [-0.2, 0) is 28.7 Å². The second-order valence-corrected chi connectivity index (χ2v) is 18.2. The van der Waals surface area contributed by atoms with Crippen LogP contribution >= 0.6 is 7.75 Å². The van der Waals surface area contributed by atoms with Crippen LogP contribution in [0.4, 0.5) is 0 Å². The predicted octanol–water partition coefficient (Wildman–Crippen LogP) is 9.22. The lowest BCUT2D eigenvalue weighted by Crippen LogP contribution is -2.51. The largest absolute Gasteiger partial charge is 0.497 e. The number of aliphatic imine (C=N–C) groups is 2. The molecule has 1 spiro atoms. The molecule has 0 radical (unpaired) electrons. The van der Waals surface area contributed by atoms with Gasteiger partial charge in [-0.25, -0.2) is 9.24 Å². The first-order valence-corrected chi connectivity index (χ1v) is 22.9. The summed E-state index contributed by atoms with van der Waals surface area (Å²) in [4.78, 5) is 24.9. The average Bonchev–Trinajstić information content (AvgIpc) is 3.62. The van der Waals surface area contributed by atoms with Crippen LogP contribution in [0, 0.1) is 17.2 Å². The minimum atomic E-state index is -4.10. The molecule has 2 heterocycles. The topological polar surface area (TPSA) is 144 Å². The van der Waals surface area contributed by atoms with Gasteiger partial charge in [0.25, 0.3) is 0 Å². The Morgan fingerprint density at radius 3 is 2.14 bits per heavy atom. The number of methoxy groups -OCH3 is 2. The average molecular weight is 870 g/mol. The fourth-order valence-electron chi connectivity index (χ4n) is 8.86. The van der Waals surface area contributed by atoms with Gasteiger partial charge in [0.2, 0.25) is 5.91 Å². The number of amides is 1. The molecular weight excluding hydrogens is 814 g/mol. The van der Waals surface area contributed by atoms with Crippen molar-refractivity contribution in [3.8, 4) is 17.6 Å². The molecule has 0 aromatic heterocycles. The Bertz CT molecular complexity index is 2390. The van der Waals surface area contributed by atoms with Gasteiger partial charge in [-0.15, -0.1) is 0 Å². The molecule has 63 heavy (non-hydrogen) atoms. The molecule has 13 heteroatoms. The van der Waals surface area contributed by atoms with Crippen LogP contribution < -0.4 is 14.8 Å². The maximum Gasteiger partial charge on any atom is 0.409 e. The molecule has 328 valence electrons. The highest BCUT2D eigenvalue weighted by Crippen LogP contribution is 2.56. The molecule has 4 aliphatic rings. The fraction of sp³-hybridized carbons (Fsp3) is 0.360. The van der Waals surface area contributed by atoms with E-state index in [1.807, 2.05) is 149 Å². The van der Waals surface area contributed by atoms with Gasteiger partial charge in [-0.05, 0) is 100 Å². The molecular formula is C50H56N5O7P. The number of hydrogen-bond acceptors (Lipinski definition) is 10. The van der Waals surface area contributed by atoms with Crippen molar-refractivity contribution in [1.29, 1.82) is 5.26 Å². The van der Waals surface area contributed by atoms with E-state index in [9.17, 15) is 5.26 Å². The lowest BCUT2D eigenvalue weighted by Gasteiger charge is -2.40. The normalized spacial score (nSPS) is 20.6. The van der Waals surface area contributed by atoms with Crippen molar-refractivity contribution < 1.29 is 32.6 Å². The van der Waals surface area contributed by atoms with Crippen molar-refractivity contribution in [3.05, 3.63) is 155 Å². The number of allylic oxidation sites excluding steroid dienone is 5. The summed E-state index contributed by atoms with van der Waals surface area (Å²) in [5, 5.41) is 12.7. The predicted molar refractivity (Wildman–Crippen MR) is 246 cm³/mol. The van der Waals surface area contributed by atoms with Crippen LogP contribution in [0.25, 0.3) is 0 Å². The maximum atomic E-state index is 15.1. The van der Waals surface area contributed by atoms with Crippen molar-refractivity contribution >= 4 is 25.1 Å². The van der Waals surface area contributed by atoms with E-state index in [-0.39, 0.29) is 37.6 Å². The lowest BCUT2D eigenvalue weighted by atomic mass is 9.79. The molecule has 0 saturated carbocycles. The first kappa shape index (κ1) is 45.4. The number of ether oxygens (including phenoxy) is 3. The summed E-state index contributed by atoms with van der Waals surface area (Å²) >= 11 is 0. The number of rotatable bonds is 19. The Labute approximate surface area is 370 Å². The summed E-state index contributed by atoms with van der Waals surface area (Å²) < 4.78 is 48.0. The molecule has 5 atom stereocenters. The minimum Gasteiger partial charge on any atom is -0.497 e. The van der Waals surface area contributed by atoms with Gasteiger partial charge in [0.1, 0.15) is 22.6 Å². The third-order valence-corrected chi connectivity index (χ3v) is 14.4. The number of fused-ring (bicyclic) bond motifs is 1. The molecule has 7 rings (SSSR count). The van der Waals surface area contributed by atoms with E-state index in [1.54, 1.807) is 32.0 Å². The number of nitriles is 1. The fourth-order valence-corrected chi connectivity index (χ4v) is 11.2. The van der Waals surface area contributed by atoms with Crippen molar-refractivity contribution in [2.24, 2.45) is 15.9 Å². The van der Waals surface area contributed by atoms with E-state index in [0.717, 1.165) is 33.5 Å². The van der Waals surface area contributed by atoms with Crippen molar-refractivity contribution in [2.45, 2.75) is 82.8 Å². The Morgan fingerprint density at radius 1 is 0.905 bits per heavy atom. The van der Waals surface area contributed by atoms with Crippen LogP contribution in [0.2, 0.25) is 0 Å². The van der Waals surface area contributed by atoms with Gasteiger partial charge < -0.3 is 19.5 Å². The van der Waals surface area contributed by atoms with Crippen LogP contribution in [0.5, 0.6) is 11.5 Å². The molecule has 1 N–H and O–H groups in total. The van der Waals surface area contributed by atoms with Gasteiger partial charge in [-0.1, -0.05) is 78.9 Å². The molecule has 3 aromatic rings. The Morgan fingerprint density at radius 2 is 1.54 bits per heavy atom. The summed E-state index contributed by atoms with van der Waals surface area (Å²) in [6.07, 6.45) is 15.2. The summed E-state index contributed by atoms with van der Waals surface area (Å²) in [6, 6.07) is 25.9. The van der Waals surface area contributed by atoms with Crippen LogP contribution in [0.3, 0.4) is 0 Å². The maximum absolute atomic E-state index is 15.1. The molecule has 3 aromatic carbocycles. The zero-order chi connectivity index (χ0) is 44.8. The van der Waals surface area contributed by atoms with Crippen molar-refractivity contribution in [2.75, 3.05) is 27.4 Å². The summed E-state index contributed by atoms with van der Waals surface area (Å²) in [7, 11) is -0.856. The molecule has 1 amide bonds. The number of nitrogens with one attached hydrogen (secondary N) is 1. The highest BCUT2D eigenvalue weighted by atomic mass is 31.2. The van der Waals surface area contributed by atoms with Crippen molar-refractivity contribution in [1.82, 2.24) is 9.99 Å². The third kappa shape index (κ3) is 8.95. The van der Waals surface area contributed by atoms with Gasteiger partial charge in [0, 0.05) is 29.4 Å².